The zero-order valence-electron chi connectivity index (χ0n) is 12.1. The van der Waals surface area contributed by atoms with Gasteiger partial charge in [-0.05, 0) is 38.1 Å². The largest absolute Gasteiger partial charge is 0.341 e. The van der Waals surface area contributed by atoms with Gasteiger partial charge in [0, 0.05) is 34.0 Å². The number of rotatable bonds is 3. The zero-order chi connectivity index (χ0) is 15.0. The molecule has 3 rings (SSSR count). The number of benzene rings is 2. The van der Waals surface area contributed by atoms with Crippen LogP contribution in [0.15, 0.2) is 42.5 Å². The van der Waals surface area contributed by atoms with E-state index in [4.69, 9.17) is 11.6 Å². The molecule has 108 valence electrons. The lowest BCUT2D eigenvalue weighted by Crippen LogP contribution is -2.20. The molecule has 0 spiro atoms. The number of hydrogen-bond donors (Lipinski definition) is 1. The molecule has 3 aromatic rings. The second kappa shape index (κ2) is 5.41. The maximum atomic E-state index is 11.7. The molecule has 21 heavy (non-hydrogen) atoms. The summed E-state index contributed by atoms with van der Waals surface area (Å²) in [5.74, 6) is -0.185. The van der Waals surface area contributed by atoms with E-state index in [-0.39, 0.29) is 5.91 Å². The van der Waals surface area contributed by atoms with Gasteiger partial charge in [0.05, 0.1) is 0 Å². The van der Waals surface area contributed by atoms with Gasteiger partial charge >= 0.3 is 0 Å². The number of amides is 1. The number of anilines is 1. The van der Waals surface area contributed by atoms with Crippen molar-refractivity contribution >= 4 is 45.0 Å². The lowest BCUT2D eigenvalue weighted by Gasteiger charge is -2.07. The molecule has 3 nitrogen and oxygen atoms in total. The van der Waals surface area contributed by atoms with E-state index in [2.05, 4.69) is 28.9 Å². The molecule has 0 aliphatic rings. The Balaban J connectivity index is 2.17. The topological polar surface area (TPSA) is 34.0 Å². The van der Waals surface area contributed by atoms with Gasteiger partial charge < -0.3 is 9.88 Å². The van der Waals surface area contributed by atoms with Crippen molar-refractivity contribution in [2.24, 2.45) is 0 Å². The van der Waals surface area contributed by atoms with E-state index in [1.54, 1.807) is 6.92 Å². The first kappa shape index (κ1) is 14.0. The second-order valence-corrected chi connectivity index (χ2v) is 5.75. The Kier molecular flexibility index (Phi) is 3.60. The summed E-state index contributed by atoms with van der Waals surface area (Å²) in [4.78, 5) is 11.7. The molecule has 0 saturated carbocycles. The van der Waals surface area contributed by atoms with E-state index in [9.17, 15) is 4.79 Å². The summed E-state index contributed by atoms with van der Waals surface area (Å²) in [5, 5.41) is 4.65. The Hall–Kier alpha value is -2.00. The van der Waals surface area contributed by atoms with Crippen LogP contribution in [0, 0.1) is 0 Å². The van der Waals surface area contributed by atoms with Gasteiger partial charge in [-0.3, -0.25) is 4.79 Å². The number of halogens is 1. The van der Waals surface area contributed by atoms with Crippen LogP contribution in [0.4, 0.5) is 5.69 Å². The third-order valence-electron chi connectivity index (χ3n) is 3.72. The Labute approximate surface area is 128 Å². The summed E-state index contributed by atoms with van der Waals surface area (Å²) in [6, 6.07) is 14.3. The number of hydrogen-bond acceptors (Lipinski definition) is 1. The van der Waals surface area contributed by atoms with Crippen molar-refractivity contribution in [3.63, 3.8) is 0 Å². The molecule has 4 heteroatoms. The molecular weight excluding hydrogens is 284 g/mol. The third-order valence-corrected chi connectivity index (χ3v) is 3.92. The van der Waals surface area contributed by atoms with Crippen LogP contribution in [0.5, 0.6) is 0 Å². The van der Waals surface area contributed by atoms with E-state index >= 15 is 0 Å². The van der Waals surface area contributed by atoms with Gasteiger partial charge in [-0.1, -0.05) is 18.2 Å². The van der Waals surface area contributed by atoms with Crippen LogP contribution in [0.1, 0.15) is 13.8 Å². The molecule has 1 amide bonds. The Morgan fingerprint density at radius 1 is 1.19 bits per heavy atom. The number of carbonyl (C=O) groups is 1. The summed E-state index contributed by atoms with van der Waals surface area (Å²) >= 11 is 5.80. The van der Waals surface area contributed by atoms with Gasteiger partial charge in [0.25, 0.3) is 0 Å². The van der Waals surface area contributed by atoms with Gasteiger partial charge in [0.15, 0.2) is 0 Å². The number of carbonyl (C=O) groups excluding carboxylic acids is 1. The molecule has 1 unspecified atom stereocenters. The summed E-state index contributed by atoms with van der Waals surface area (Å²) < 4.78 is 2.28. The molecule has 1 heterocycles. The maximum Gasteiger partial charge on any atom is 0.242 e. The lowest BCUT2D eigenvalue weighted by molar-refractivity contribution is -0.115. The van der Waals surface area contributed by atoms with E-state index in [0.717, 1.165) is 17.6 Å². The Morgan fingerprint density at radius 3 is 2.62 bits per heavy atom. The van der Waals surface area contributed by atoms with Crippen molar-refractivity contribution in [3.8, 4) is 0 Å². The first-order chi connectivity index (χ1) is 10.1. The van der Waals surface area contributed by atoms with Crippen LogP contribution < -0.4 is 5.32 Å². The number of aromatic nitrogens is 1. The Bertz CT molecular complexity index is 820. The number of nitrogens with zero attached hydrogens (tertiary/aromatic N) is 1. The highest BCUT2D eigenvalue weighted by atomic mass is 35.5. The third kappa shape index (κ3) is 2.38. The summed E-state index contributed by atoms with van der Waals surface area (Å²) in [5.41, 5.74) is 3.17. The summed E-state index contributed by atoms with van der Waals surface area (Å²) in [6.07, 6.45) is 0. The summed E-state index contributed by atoms with van der Waals surface area (Å²) in [6.45, 7) is 4.71. The predicted octanol–water partition coefficient (Wildman–Crippen LogP) is 4.38. The van der Waals surface area contributed by atoms with E-state index in [0.29, 0.717) is 0 Å². The van der Waals surface area contributed by atoms with E-state index in [1.165, 1.54) is 16.4 Å². The normalized spacial score (nSPS) is 12.7. The second-order valence-electron chi connectivity index (χ2n) is 5.10. The molecule has 0 radical (unpaired) electrons. The van der Waals surface area contributed by atoms with Crippen molar-refractivity contribution in [1.82, 2.24) is 4.57 Å². The predicted molar refractivity (Wildman–Crippen MR) is 89.1 cm³/mol. The van der Waals surface area contributed by atoms with Crippen molar-refractivity contribution in [2.45, 2.75) is 25.8 Å². The number of para-hydroxylation sites is 1. The number of fused-ring (bicyclic) bond motifs is 3. The molecule has 0 aliphatic heterocycles. The smallest absolute Gasteiger partial charge is 0.242 e. The van der Waals surface area contributed by atoms with Crippen molar-refractivity contribution in [2.75, 3.05) is 5.32 Å². The monoisotopic (exact) mass is 300 g/mol. The first-order valence-electron chi connectivity index (χ1n) is 7.07. The maximum absolute atomic E-state index is 11.7. The highest BCUT2D eigenvalue weighted by Gasteiger charge is 2.12. The van der Waals surface area contributed by atoms with Crippen LogP contribution in [0.25, 0.3) is 21.8 Å². The number of alkyl halides is 1. The molecular formula is C17H17ClN2O. The van der Waals surface area contributed by atoms with Crippen molar-refractivity contribution in [1.29, 1.82) is 0 Å². The zero-order valence-corrected chi connectivity index (χ0v) is 12.8. The van der Waals surface area contributed by atoms with Crippen LogP contribution in [0.3, 0.4) is 0 Å². The van der Waals surface area contributed by atoms with Crippen LogP contribution in [-0.2, 0) is 11.3 Å². The van der Waals surface area contributed by atoms with Crippen LogP contribution >= 0.6 is 11.6 Å². The Morgan fingerprint density at radius 2 is 1.90 bits per heavy atom. The number of aryl methyl sites for hydroxylation is 1. The first-order valence-corrected chi connectivity index (χ1v) is 7.51. The molecule has 0 bridgehead atoms. The highest BCUT2D eigenvalue weighted by molar-refractivity contribution is 6.32. The van der Waals surface area contributed by atoms with Gasteiger partial charge in [-0.2, -0.15) is 0 Å². The quantitative estimate of drug-likeness (QED) is 0.716. The molecule has 1 atom stereocenters. The minimum atomic E-state index is -0.544. The summed E-state index contributed by atoms with van der Waals surface area (Å²) in [7, 11) is 0. The van der Waals surface area contributed by atoms with Crippen LogP contribution in [0.2, 0.25) is 0 Å². The van der Waals surface area contributed by atoms with Gasteiger partial charge in [-0.25, -0.2) is 0 Å². The van der Waals surface area contributed by atoms with E-state index in [1.807, 2.05) is 30.3 Å². The fourth-order valence-corrected chi connectivity index (χ4v) is 2.77. The molecule has 1 N–H and O–H groups in total. The molecule has 0 aliphatic carbocycles. The van der Waals surface area contributed by atoms with Gasteiger partial charge in [-0.15, -0.1) is 11.6 Å². The standard InChI is InChI=1S/C17H17ClN2O/c1-3-20-15-7-5-4-6-13(15)14-10-12(8-9-16(14)20)19-17(21)11(2)18/h4-11H,3H2,1-2H3,(H,19,21). The molecule has 2 aromatic carbocycles. The van der Waals surface area contributed by atoms with Gasteiger partial charge in [0.2, 0.25) is 5.91 Å². The average molecular weight is 301 g/mol. The minimum Gasteiger partial charge on any atom is -0.341 e. The van der Waals surface area contributed by atoms with E-state index < -0.39 is 5.38 Å². The average Bonchev–Trinajstić information content (AvgIpc) is 2.80. The fourth-order valence-electron chi connectivity index (χ4n) is 2.71. The van der Waals surface area contributed by atoms with Crippen LogP contribution in [-0.4, -0.2) is 15.9 Å². The van der Waals surface area contributed by atoms with Crippen molar-refractivity contribution < 1.29 is 4.79 Å². The fraction of sp³-hybridized carbons (Fsp3) is 0.235. The SMILES string of the molecule is CCn1c2ccccc2c2cc(NC(=O)C(C)Cl)ccc21. The van der Waals surface area contributed by atoms with Crippen molar-refractivity contribution in [3.05, 3.63) is 42.5 Å². The van der Waals surface area contributed by atoms with Gasteiger partial charge in [0.1, 0.15) is 5.38 Å². The minimum absolute atomic E-state index is 0.185. The molecule has 0 saturated heterocycles. The molecule has 1 aromatic heterocycles. The molecule has 0 fully saturated rings. The number of nitrogens with one attached hydrogen (secondary N) is 1. The lowest BCUT2D eigenvalue weighted by atomic mass is 10.1. The highest BCUT2D eigenvalue weighted by Crippen LogP contribution is 2.31.